The van der Waals surface area contributed by atoms with Gasteiger partial charge in [0.05, 0.1) is 12.2 Å². The molecule has 0 saturated carbocycles. The molecule has 0 fully saturated rings. The van der Waals surface area contributed by atoms with Crippen LogP contribution in [0.3, 0.4) is 0 Å². The second-order valence-corrected chi connectivity index (χ2v) is 7.25. The maximum atomic E-state index is 13.3. The van der Waals surface area contributed by atoms with Crippen LogP contribution in [-0.2, 0) is 29.1 Å². The van der Waals surface area contributed by atoms with Crippen molar-refractivity contribution >= 4 is 11.8 Å². The minimum Gasteiger partial charge on any atom is -0.349 e. The van der Waals surface area contributed by atoms with E-state index in [-0.39, 0.29) is 37.1 Å². The van der Waals surface area contributed by atoms with Crippen LogP contribution in [0.4, 0.5) is 4.39 Å². The number of amides is 2. The molecule has 5 nitrogen and oxygen atoms in total. The highest BCUT2D eigenvalue weighted by molar-refractivity contribution is 5.87. The van der Waals surface area contributed by atoms with Crippen LogP contribution in [0.1, 0.15) is 30.2 Å². The van der Waals surface area contributed by atoms with Gasteiger partial charge in [0.15, 0.2) is 0 Å². The van der Waals surface area contributed by atoms with Gasteiger partial charge in [-0.05, 0) is 35.4 Å². The predicted octanol–water partition coefficient (Wildman–Crippen LogP) is 3.89. The van der Waals surface area contributed by atoms with Crippen LogP contribution in [0, 0.1) is 5.82 Å². The summed E-state index contributed by atoms with van der Waals surface area (Å²) in [5.41, 5.74) is 2.45. The molecule has 0 saturated heterocycles. The average molecular weight is 420 g/mol. The lowest BCUT2D eigenvalue weighted by atomic mass is 10.0. The molecule has 3 rings (SSSR count). The molecule has 2 amide bonds. The number of halogens is 1. The number of hydrogen-bond acceptors (Lipinski definition) is 3. The molecular formula is C25H26FN3O2. The Hall–Kier alpha value is -3.54. The summed E-state index contributed by atoms with van der Waals surface area (Å²) in [7, 11) is 0. The van der Waals surface area contributed by atoms with Crippen LogP contribution in [0.25, 0.3) is 0 Å². The highest BCUT2D eigenvalue weighted by Crippen LogP contribution is 2.16. The zero-order valence-electron chi connectivity index (χ0n) is 17.5. The summed E-state index contributed by atoms with van der Waals surface area (Å²) in [6.45, 7) is 2.27. The molecule has 3 aromatic rings. The second-order valence-electron chi connectivity index (χ2n) is 7.25. The van der Waals surface area contributed by atoms with Crippen molar-refractivity contribution < 1.29 is 14.0 Å². The van der Waals surface area contributed by atoms with E-state index >= 15 is 0 Å². The Bertz CT molecular complexity index is 979. The smallest absolute Gasteiger partial charge is 0.243 e. The Morgan fingerprint density at radius 2 is 1.68 bits per heavy atom. The molecule has 0 unspecified atom stereocenters. The lowest BCUT2D eigenvalue weighted by Gasteiger charge is -2.31. The van der Waals surface area contributed by atoms with E-state index in [1.807, 2.05) is 48.5 Å². The number of nitrogens with one attached hydrogen (secondary N) is 1. The third kappa shape index (κ3) is 6.47. The molecule has 6 heteroatoms. The van der Waals surface area contributed by atoms with Crippen LogP contribution in [0.2, 0.25) is 0 Å². The van der Waals surface area contributed by atoms with Crippen LogP contribution in [0.5, 0.6) is 0 Å². The molecule has 31 heavy (non-hydrogen) atoms. The van der Waals surface area contributed by atoms with Gasteiger partial charge >= 0.3 is 0 Å². The fourth-order valence-corrected chi connectivity index (χ4v) is 3.34. The van der Waals surface area contributed by atoms with Gasteiger partial charge in [0.1, 0.15) is 11.9 Å². The molecule has 1 atom stereocenters. The van der Waals surface area contributed by atoms with Crippen molar-refractivity contribution in [3.63, 3.8) is 0 Å². The van der Waals surface area contributed by atoms with Crippen LogP contribution in [0.15, 0.2) is 79.0 Å². The number of rotatable bonds is 9. The number of hydrogen-bond donors (Lipinski definition) is 1. The average Bonchev–Trinajstić information content (AvgIpc) is 2.82. The molecule has 0 bridgehead atoms. The molecule has 0 spiro atoms. The Balaban J connectivity index is 1.85. The van der Waals surface area contributed by atoms with Crippen molar-refractivity contribution in [2.24, 2.45) is 0 Å². The third-order valence-electron chi connectivity index (χ3n) is 5.01. The van der Waals surface area contributed by atoms with Crippen molar-refractivity contribution in [1.82, 2.24) is 15.2 Å². The molecule has 0 radical (unpaired) electrons. The third-order valence-corrected chi connectivity index (χ3v) is 5.01. The Morgan fingerprint density at radius 1 is 0.968 bits per heavy atom. The molecule has 2 aromatic carbocycles. The van der Waals surface area contributed by atoms with E-state index < -0.39 is 6.04 Å². The SMILES string of the molecule is CCC(=O)N(Cc1ccc(F)cc1)[C@H](Cc1ccccc1)C(=O)NCc1ccccn1. The molecule has 0 aliphatic carbocycles. The van der Waals surface area contributed by atoms with Gasteiger partial charge in [0.25, 0.3) is 0 Å². The second kappa shape index (κ2) is 11.0. The molecule has 1 heterocycles. The molecular weight excluding hydrogens is 393 g/mol. The zero-order valence-corrected chi connectivity index (χ0v) is 17.5. The predicted molar refractivity (Wildman–Crippen MR) is 117 cm³/mol. The van der Waals surface area contributed by atoms with Gasteiger partial charge in [0.2, 0.25) is 11.8 Å². The summed E-state index contributed by atoms with van der Waals surface area (Å²) < 4.78 is 13.3. The molecule has 1 aromatic heterocycles. The van der Waals surface area contributed by atoms with Crippen molar-refractivity contribution in [3.8, 4) is 0 Å². The Morgan fingerprint density at radius 3 is 2.32 bits per heavy atom. The van der Waals surface area contributed by atoms with Gasteiger partial charge in [-0.1, -0.05) is 55.5 Å². The maximum absolute atomic E-state index is 13.3. The largest absolute Gasteiger partial charge is 0.349 e. The highest BCUT2D eigenvalue weighted by atomic mass is 19.1. The van der Waals surface area contributed by atoms with E-state index in [1.165, 1.54) is 12.1 Å². The van der Waals surface area contributed by atoms with E-state index in [2.05, 4.69) is 10.3 Å². The first kappa shape index (κ1) is 22.2. The number of carbonyl (C=O) groups is 2. The van der Waals surface area contributed by atoms with Crippen LogP contribution < -0.4 is 5.32 Å². The molecule has 160 valence electrons. The number of benzene rings is 2. The van der Waals surface area contributed by atoms with E-state index in [9.17, 15) is 14.0 Å². The van der Waals surface area contributed by atoms with Gasteiger partial charge in [-0.3, -0.25) is 14.6 Å². The fourth-order valence-electron chi connectivity index (χ4n) is 3.34. The summed E-state index contributed by atoms with van der Waals surface area (Å²) in [4.78, 5) is 31.9. The van der Waals surface area contributed by atoms with Crippen LogP contribution in [-0.4, -0.2) is 27.7 Å². The van der Waals surface area contributed by atoms with Crippen molar-refractivity contribution in [2.45, 2.75) is 38.9 Å². The van der Waals surface area contributed by atoms with E-state index in [0.717, 1.165) is 16.8 Å². The standard InChI is InChI=1S/C25H26FN3O2/c1-2-24(30)29(18-20-11-13-21(26)14-12-20)23(16-19-8-4-3-5-9-19)25(31)28-17-22-10-6-7-15-27-22/h3-15,23H,2,16-18H2,1H3,(H,28,31)/t23-/m1/s1. The Kier molecular flexibility index (Phi) is 7.87. The summed E-state index contributed by atoms with van der Waals surface area (Å²) >= 11 is 0. The first-order chi connectivity index (χ1) is 15.1. The summed E-state index contributed by atoms with van der Waals surface area (Å²) in [5.74, 6) is -0.734. The van der Waals surface area contributed by atoms with E-state index in [0.29, 0.717) is 6.42 Å². The van der Waals surface area contributed by atoms with Gasteiger partial charge in [-0.2, -0.15) is 0 Å². The number of aromatic nitrogens is 1. The van der Waals surface area contributed by atoms with E-state index in [1.54, 1.807) is 30.2 Å². The summed E-state index contributed by atoms with van der Waals surface area (Å²) in [5, 5.41) is 2.92. The highest BCUT2D eigenvalue weighted by Gasteiger charge is 2.29. The topological polar surface area (TPSA) is 62.3 Å². The van der Waals surface area contributed by atoms with Crippen molar-refractivity contribution in [3.05, 3.63) is 102 Å². The molecule has 0 aliphatic heterocycles. The summed E-state index contributed by atoms with van der Waals surface area (Å²) in [6.07, 6.45) is 2.31. The number of nitrogens with zero attached hydrogens (tertiary/aromatic N) is 2. The first-order valence-corrected chi connectivity index (χ1v) is 10.3. The molecule has 0 aliphatic rings. The maximum Gasteiger partial charge on any atom is 0.243 e. The van der Waals surface area contributed by atoms with E-state index in [4.69, 9.17) is 0 Å². The van der Waals surface area contributed by atoms with Crippen molar-refractivity contribution in [2.75, 3.05) is 0 Å². The van der Waals surface area contributed by atoms with Crippen molar-refractivity contribution in [1.29, 1.82) is 0 Å². The lowest BCUT2D eigenvalue weighted by Crippen LogP contribution is -2.50. The quantitative estimate of drug-likeness (QED) is 0.572. The minimum absolute atomic E-state index is 0.141. The zero-order chi connectivity index (χ0) is 22.1. The fraction of sp³-hybridized carbons (Fsp3) is 0.240. The normalized spacial score (nSPS) is 11.5. The first-order valence-electron chi connectivity index (χ1n) is 10.3. The lowest BCUT2D eigenvalue weighted by molar-refractivity contribution is -0.141. The van der Waals surface area contributed by atoms with Gasteiger partial charge in [-0.25, -0.2) is 4.39 Å². The number of pyridine rings is 1. The monoisotopic (exact) mass is 419 g/mol. The summed E-state index contributed by atoms with van der Waals surface area (Å²) in [6, 6.07) is 20.4. The Labute approximate surface area is 181 Å². The minimum atomic E-state index is -0.705. The van der Waals surface area contributed by atoms with Gasteiger partial charge < -0.3 is 10.2 Å². The van der Waals surface area contributed by atoms with Gasteiger partial charge in [-0.15, -0.1) is 0 Å². The van der Waals surface area contributed by atoms with Gasteiger partial charge in [0, 0.05) is 25.6 Å². The van der Waals surface area contributed by atoms with Crippen LogP contribution >= 0.6 is 0 Å². The number of carbonyl (C=O) groups excluding carboxylic acids is 2. The molecule has 1 N–H and O–H groups in total.